The predicted molar refractivity (Wildman–Crippen MR) is 53.1 cm³/mol. The lowest BCUT2D eigenvalue weighted by Gasteiger charge is -2.29. The van der Waals surface area contributed by atoms with Crippen LogP contribution in [-0.2, 0) is 19.2 Å². The van der Waals surface area contributed by atoms with E-state index < -0.39 is 40.5 Å². The zero-order valence-electron chi connectivity index (χ0n) is 9.75. The average Bonchev–Trinajstić information content (AvgIpc) is 2.31. The first-order valence-electron chi connectivity index (χ1n) is 4.62. The summed E-state index contributed by atoms with van der Waals surface area (Å²) in [7, 11) is 1.19. The molecule has 0 radical (unpaired) electrons. The molecule has 0 N–H and O–H groups in total. The Hall–Kier alpha value is -2.44. The average molecular weight is 285 g/mol. The fourth-order valence-corrected chi connectivity index (χ4v) is 1.13. The minimum absolute atomic E-state index is 0.345. The first-order chi connectivity index (χ1) is 8.81. The summed E-state index contributed by atoms with van der Waals surface area (Å²) >= 11 is 0. The van der Waals surface area contributed by atoms with Gasteiger partial charge in [0.25, 0.3) is 15.3 Å². The van der Waals surface area contributed by atoms with E-state index >= 15 is 0 Å². The normalized spacial score (nSPS) is 10.6. The first-order valence-corrected chi connectivity index (χ1v) is 4.62. The second-order valence-corrected chi connectivity index (χ2v) is 3.42. The maximum absolute atomic E-state index is 10.1. The molecule has 13 nitrogen and oxygen atoms in total. The van der Waals surface area contributed by atoms with Gasteiger partial charge in [-0.05, 0) is 0 Å². The molecule has 19 heavy (non-hydrogen) atoms. The number of nitrogens with zero attached hydrogens (tertiary/aromatic N) is 3. The molecule has 0 aliphatic carbocycles. The summed E-state index contributed by atoms with van der Waals surface area (Å²) in [6, 6.07) is 0. The molecule has 0 spiro atoms. The third kappa shape index (κ3) is 7.48. The smallest absolute Gasteiger partial charge is 0.294 e. The molecular weight excluding hydrogens is 274 g/mol. The van der Waals surface area contributed by atoms with E-state index in [0.717, 1.165) is 0 Å². The molecule has 0 aliphatic heterocycles. The summed E-state index contributed by atoms with van der Waals surface area (Å²) in [4.78, 5) is 42.5. The molecule has 0 saturated heterocycles. The lowest BCUT2D eigenvalue weighted by atomic mass is 9.92. The van der Waals surface area contributed by atoms with Crippen LogP contribution in [-0.4, -0.2) is 48.8 Å². The lowest BCUT2D eigenvalue weighted by Crippen LogP contribution is -2.43. The van der Waals surface area contributed by atoms with Gasteiger partial charge in [-0.15, -0.1) is 30.3 Å². The summed E-state index contributed by atoms with van der Waals surface area (Å²) in [5, 5.41) is 26.9. The van der Waals surface area contributed by atoms with Crippen LogP contribution in [0.2, 0.25) is 0 Å². The number of ether oxygens (including phenoxy) is 1. The molecule has 0 saturated carbocycles. The standard InChI is InChI=1S/C6H11N3O10/c1-16-2-6(3-17-7(10)11,4-18-8(12)13)5-19-9(14)15/h2-5H2,1H3. The van der Waals surface area contributed by atoms with Gasteiger partial charge in [-0.2, -0.15) is 0 Å². The summed E-state index contributed by atoms with van der Waals surface area (Å²) < 4.78 is 4.70. The highest BCUT2D eigenvalue weighted by Crippen LogP contribution is 2.20. The van der Waals surface area contributed by atoms with Crippen molar-refractivity contribution in [3.63, 3.8) is 0 Å². The van der Waals surface area contributed by atoms with Gasteiger partial charge in [-0.1, -0.05) is 0 Å². The fourth-order valence-electron chi connectivity index (χ4n) is 1.13. The van der Waals surface area contributed by atoms with Crippen molar-refractivity contribution in [1.82, 2.24) is 0 Å². The number of rotatable bonds is 11. The van der Waals surface area contributed by atoms with E-state index in [2.05, 4.69) is 14.5 Å². The van der Waals surface area contributed by atoms with Crippen molar-refractivity contribution in [3.05, 3.63) is 30.3 Å². The Balaban J connectivity index is 4.79. The molecule has 0 aromatic rings. The monoisotopic (exact) mass is 285 g/mol. The molecular formula is C6H11N3O10. The van der Waals surface area contributed by atoms with E-state index in [1.54, 1.807) is 0 Å². The van der Waals surface area contributed by atoms with Crippen molar-refractivity contribution in [2.45, 2.75) is 0 Å². The summed E-state index contributed by atoms with van der Waals surface area (Å²) in [6.45, 7) is -2.52. The SMILES string of the molecule is COCC(CO[N+](=O)[O-])(CO[N+](=O)[O-])CO[N+](=O)[O-]. The topological polar surface area (TPSA) is 166 Å². The first kappa shape index (κ1) is 16.6. The third-order valence-electron chi connectivity index (χ3n) is 1.88. The molecule has 110 valence electrons. The van der Waals surface area contributed by atoms with Crippen molar-refractivity contribution >= 4 is 0 Å². The third-order valence-corrected chi connectivity index (χ3v) is 1.88. The van der Waals surface area contributed by atoms with Crippen molar-refractivity contribution < 1.29 is 34.5 Å². The quantitative estimate of drug-likeness (QED) is 0.347. The molecule has 0 heterocycles. The van der Waals surface area contributed by atoms with Gasteiger partial charge in [0.1, 0.15) is 19.8 Å². The van der Waals surface area contributed by atoms with Crippen molar-refractivity contribution in [2.75, 3.05) is 33.5 Å². The highest BCUT2D eigenvalue weighted by molar-refractivity contribution is 4.77. The van der Waals surface area contributed by atoms with Gasteiger partial charge in [0.2, 0.25) is 0 Å². The highest BCUT2D eigenvalue weighted by atomic mass is 17.0. The molecule has 0 unspecified atom stereocenters. The van der Waals surface area contributed by atoms with Crippen LogP contribution in [0.25, 0.3) is 0 Å². The Morgan fingerprint density at radius 3 is 1.32 bits per heavy atom. The molecule has 0 amide bonds. The molecule has 0 fully saturated rings. The minimum atomic E-state index is -1.57. The van der Waals surface area contributed by atoms with Gasteiger partial charge in [0.05, 0.1) is 12.0 Å². The Kier molecular flexibility index (Phi) is 6.80. The van der Waals surface area contributed by atoms with Gasteiger partial charge < -0.3 is 19.2 Å². The van der Waals surface area contributed by atoms with Crippen LogP contribution >= 0.6 is 0 Å². The van der Waals surface area contributed by atoms with E-state index in [1.165, 1.54) is 7.11 Å². The number of hydrogen-bond acceptors (Lipinski definition) is 10. The largest absolute Gasteiger partial charge is 0.384 e. The van der Waals surface area contributed by atoms with E-state index in [4.69, 9.17) is 4.74 Å². The minimum Gasteiger partial charge on any atom is -0.384 e. The maximum Gasteiger partial charge on any atom is 0.294 e. The highest BCUT2D eigenvalue weighted by Gasteiger charge is 2.35. The van der Waals surface area contributed by atoms with Crippen molar-refractivity contribution in [1.29, 1.82) is 0 Å². The number of hydrogen-bond donors (Lipinski definition) is 0. The van der Waals surface area contributed by atoms with E-state index in [0.29, 0.717) is 0 Å². The van der Waals surface area contributed by atoms with E-state index in [1.807, 2.05) is 0 Å². The second kappa shape index (κ2) is 7.80. The van der Waals surface area contributed by atoms with E-state index in [-0.39, 0.29) is 6.61 Å². The van der Waals surface area contributed by atoms with Gasteiger partial charge >= 0.3 is 0 Å². The Labute approximate surface area is 105 Å². The van der Waals surface area contributed by atoms with Gasteiger partial charge in [-0.3, -0.25) is 0 Å². The predicted octanol–water partition coefficient (Wildman–Crippen LogP) is -0.756. The Bertz CT molecular complexity index is 288. The van der Waals surface area contributed by atoms with Crippen LogP contribution in [0.4, 0.5) is 0 Å². The molecule has 0 rings (SSSR count). The van der Waals surface area contributed by atoms with E-state index in [9.17, 15) is 30.3 Å². The zero-order valence-corrected chi connectivity index (χ0v) is 9.75. The maximum atomic E-state index is 10.1. The Morgan fingerprint density at radius 2 is 1.11 bits per heavy atom. The number of methoxy groups -OCH3 is 1. The van der Waals surface area contributed by atoms with Crippen LogP contribution < -0.4 is 0 Å². The summed E-state index contributed by atoms with van der Waals surface area (Å²) in [6.07, 6.45) is 0. The summed E-state index contributed by atoms with van der Waals surface area (Å²) in [5.41, 5.74) is -1.57. The fraction of sp³-hybridized carbons (Fsp3) is 1.00. The van der Waals surface area contributed by atoms with Crippen LogP contribution in [0, 0.1) is 35.8 Å². The van der Waals surface area contributed by atoms with Crippen LogP contribution in [0.1, 0.15) is 0 Å². The van der Waals surface area contributed by atoms with Crippen LogP contribution in [0.15, 0.2) is 0 Å². The van der Waals surface area contributed by atoms with Gasteiger partial charge in [0, 0.05) is 7.11 Å². The van der Waals surface area contributed by atoms with Crippen molar-refractivity contribution in [3.8, 4) is 0 Å². The van der Waals surface area contributed by atoms with Crippen molar-refractivity contribution in [2.24, 2.45) is 5.41 Å². The molecule has 0 aliphatic rings. The molecule has 0 atom stereocenters. The van der Waals surface area contributed by atoms with Crippen LogP contribution in [0.3, 0.4) is 0 Å². The summed E-state index contributed by atoms with van der Waals surface area (Å²) in [5.74, 6) is 0. The van der Waals surface area contributed by atoms with Crippen LogP contribution in [0.5, 0.6) is 0 Å². The molecule has 13 heteroatoms. The molecule has 0 bridgehead atoms. The van der Waals surface area contributed by atoms with Gasteiger partial charge in [0.15, 0.2) is 0 Å². The molecule has 0 aromatic heterocycles. The zero-order chi connectivity index (χ0) is 14.9. The van der Waals surface area contributed by atoms with Gasteiger partial charge in [-0.25, -0.2) is 0 Å². The molecule has 0 aromatic carbocycles. The Morgan fingerprint density at radius 1 is 0.789 bits per heavy atom. The lowest BCUT2D eigenvalue weighted by molar-refractivity contribution is -0.782. The second-order valence-electron chi connectivity index (χ2n) is 3.42.